The molecule has 1 aliphatic carbocycles. The maximum atomic E-state index is 10.00. The number of benzene rings is 1. The molecule has 22 heavy (non-hydrogen) atoms. The van der Waals surface area contributed by atoms with Crippen molar-refractivity contribution in [3.8, 4) is 17.1 Å². The van der Waals surface area contributed by atoms with E-state index < -0.39 is 0 Å². The summed E-state index contributed by atoms with van der Waals surface area (Å²) in [5.41, 5.74) is 8.29. The fourth-order valence-corrected chi connectivity index (χ4v) is 2.64. The van der Waals surface area contributed by atoms with E-state index >= 15 is 0 Å². The third-order valence-electron chi connectivity index (χ3n) is 4.15. The molecule has 2 aromatic rings. The quantitative estimate of drug-likeness (QED) is 0.714. The Hall–Kier alpha value is -2.14. The SMILES string of the molecule is NCCCNc1cnc(-c2ccccc2O)nc1C1CCC1. The van der Waals surface area contributed by atoms with E-state index in [1.54, 1.807) is 12.1 Å². The summed E-state index contributed by atoms with van der Waals surface area (Å²) in [6.45, 7) is 1.50. The number of hydrogen-bond donors (Lipinski definition) is 3. The van der Waals surface area contributed by atoms with E-state index in [0.717, 1.165) is 24.3 Å². The van der Waals surface area contributed by atoms with Crippen LogP contribution >= 0.6 is 0 Å². The molecule has 0 radical (unpaired) electrons. The Morgan fingerprint density at radius 1 is 1.27 bits per heavy atom. The van der Waals surface area contributed by atoms with E-state index in [2.05, 4.69) is 10.3 Å². The number of phenolic OH excluding ortho intramolecular Hbond substituents is 1. The average Bonchev–Trinajstić information content (AvgIpc) is 2.48. The number of aromatic nitrogens is 2. The number of para-hydroxylation sites is 1. The van der Waals surface area contributed by atoms with Crippen LogP contribution in [0.4, 0.5) is 5.69 Å². The van der Waals surface area contributed by atoms with Crippen LogP contribution in [0.3, 0.4) is 0 Å². The summed E-state index contributed by atoms with van der Waals surface area (Å²) in [5, 5.41) is 13.4. The van der Waals surface area contributed by atoms with Gasteiger partial charge in [0.2, 0.25) is 0 Å². The van der Waals surface area contributed by atoms with Crippen LogP contribution in [0.1, 0.15) is 37.3 Å². The van der Waals surface area contributed by atoms with Crippen LogP contribution in [0.2, 0.25) is 0 Å². The highest BCUT2D eigenvalue weighted by atomic mass is 16.3. The second-order valence-corrected chi connectivity index (χ2v) is 5.71. The molecule has 1 fully saturated rings. The Kier molecular flexibility index (Phi) is 4.53. The zero-order valence-electron chi connectivity index (χ0n) is 12.6. The minimum atomic E-state index is 0.214. The van der Waals surface area contributed by atoms with Crippen LogP contribution in [-0.4, -0.2) is 28.2 Å². The Labute approximate surface area is 130 Å². The third-order valence-corrected chi connectivity index (χ3v) is 4.15. The van der Waals surface area contributed by atoms with Gasteiger partial charge in [0.05, 0.1) is 23.1 Å². The molecule has 0 saturated heterocycles. The number of aromatic hydroxyl groups is 1. The van der Waals surface area contributed by atoms with Gasteiger partial charge in [-0.05, 0) is 37.9 Å². The fraction of sp³-hybridized carbons (Fsp3) is 0.412. The first-order valence-electron chi connectivity index (χ1n) is 7.89. The highest BCUT2D eigenvalue weighted by Gasteiger charge is 2.25. The highest BCUT2D eigenvalue weighted by molar-refractivity contribution is 5.65. The van der Waals surface area contributed by atoms with Gasteiger partial charge >= 0.3 is 0 Å². The van der Waals surface area contributed by atoms with Gasteiger partial charge in [-0.15, -0.1) is 0 Å². The minimum absolute atomic E-state index is 0.214. The van der Waals surface area contributed by atoms with E-state index in [-0.39, 0.29) is 5.75 Å². The average molecular weight is 298 g/mol. The lowest BCUT2D eigenvalue weighted by Gasteiger charge is -2.27. The van der Waals surface area contributed by atoms with Crippen molar-refractivity contribution in [1.82, 2.24) is 9.97 Å². The number of hydrogen-bond acceptors (Lipinski definition) is 5. The standard InChI is InChI=1S/C17H22N4O/c18-9-4-10-19-14-11-20-17(13-7-1-2-8-15(13)22)21-16(14)12-5-3-6-12/h1-2,7-8,11-12,19,22H,3-6,9-10,18H2. The van der Waals surface area contributed by atoms with Gasteiger partial charge in [0.1, 0.15) is 5.75 Å². The monoisotopic (exact) mass is 298 g/mol. The summed E-state index contributed by atoms with van der Waals surface area (Å²) in [6, 6.07) is 7.19. The molecule has 0 spiro atoms. The number of anilines is 1. The van der Waals surface area contributed by atoms with Gasteiger partial charge in [-0.1, -0.05) is 18.6 Å². The topological polar surface area (TPSA) is 84.1 Å². The van der Waals surface area contributed by atoms with Gasteiger partial charge in [-0.25, -0.2) is 9.97 Å². The molecule has 1 heterocycles. The number of phenols is 1. The van der Waals surface area contributed by atoms with Crippen LogP contribution in [0.5, 0.6) is 5.75 Å². The number of rotatable bonds is 6. The van der Waals surface area contributed by atoms with Crippen molar-refractivity contribution in [2.24, 2.45) is 5.73 Å². The lowest BCUT2D eigenvalue weighted by atomic mass is 9.82. The molecule has 0 aliphatic heterocycles. The van der Waals surface area contributed by atoms with Crippen LogP contribution in [0, 0.1) is 0 Å². The number of nitrogens with two attached hydrogens (primary N) is 1. The van der Waals surface area contributed by atoms with Crippen LogP contribution < -0.4 is 11.1 Å². The summed E-state index contributed by atoms with van der Waals surface area (Å²) in [6.07, 6.45) is 6.35. The summed E-state index contributed by atoms with van der Waals surface area (Å²) in [4.78, 5) is 9.16. The molecule has 1 aromatic heterocycles. The Morgan fingerprint density at radius 2 is 2.09 bits per heavy atom. The largest absolute Gasteiger partial charge is 0.507 e. The molecular formula is C17H22N4O. The van der Waals surface area contributed by atoms with Gasteiger partial charge in [0.15, 0.2) is 5.82 Å². The fourth-order valence-electron chi connectivity index (χ4n) is 2.64. The molecule has 4 N–H and O–H groups in total. The second-order valence-electron chi connectivity index (χ2n) is 5.71. The van der Waals surface area contributed by atoms with Crippen molar-refractivity contribution in [2.45, 2.75) is 31.6 Å². The molecule has 1 saturated carbocycles. The first kappa shape index (κ1) is 14.8. The normalized spacial score (nSPS) is 14.6. The molecular weight excluding hydrogens is 276 g/mol. The molecule has 0 amide bonds. The highest BCUT2D eigenvalue weighted by Crippen LogP contribution is 2.39. The molecule has 1 aromatic carbocycles. The summed E-state index contributed by atoms with van der Waals surface area (Å²) in [7, 11) is 0. The molecule has 0 bridgehead atoms. The summed E-state index contributed by atoms with van der Waals surface area (Å²) >= 11 is 0. The van der Waals surface area contributed by atoms with Crippen molar-refractivity contribution >= 4 is 5.69 Å². The Balaban J connectivity index is 1.91. The van der Waals surface area contributed by atoms with Crippen LogP contribution in [-0.2, 0) is 0 Å². The van der Waals surface area contributed by atoms with Crippen molar-refractivity contribution < 1.29 is 5.11 Å². The zero-order chi connectivity index (χ0) is 15.4. The van der Waals surface area contributed by atoms with E-state index in [9.17, 15) is 5.11 Å². The molecule has 0 unspecified atom stereocenters. The van der Waals surface area contributed by atoms with Gasteiger partial charge in [-0.2, -0.15) is 0 Å². The van der Waals surface area contributed by atoms with Crippen molar-refractivity contribution in [3.63, 3.8) is 0 Å². The van der Waals surface area contributed by atoms with E-state index in [1.165, 1.54) is 19.3 Å². The zero-order valence-corrected chi connectivity index (χ0v) is 12.6. The smallest absolute Gasteiger partial charge is 0.163 e. The first-order chi connectivity index (χ1) is 10.8. The van der Waals surface area contributed by atoms with Crippen molar-refractivity contribution in [2.75, 3.05) is 18.4 Å². The number of nitrogens with one attached hydrogen (secondary N) is 1. The maximum absolute atomic E-state index is 10.00. The van der Waals surface area contributed by atoms with Gasteiger partial charge in [0.25, 0.3) is 0 Å². The Bertz CT molecular complexity index is 640. The lowest BCUT2D eigenvalue weighted by Crippen LogP contribution is -2.16. The van der Waals surface area contributed by atoms with E-state index in [1.807, 2.05) is 18.3 Å². The molecule has 0 atom stereocenters. The molecule has 116 valence electrons. The molecule has 5 nitrogen and oxygen atoms in total. The van der Waals surface area contributed by atoms with Gasteiger partial charge in [-0.3, -0.25) is 0 Å². The predicted octanol–water partition coefficient (Wildman–Crippen LogP) is 2.88. The molecule has 3 rings (SSSR count). The maximum Gasteiger partial charge on any atom is 0.163 e. The van der Waals surface area contributed by atoms with Gasteiger partial charge in [0, 0.05) is 12.5 Å². The summed E-state index contributed by atoms with van der Waals surface area (Å²) < 4.78 is 0. The molecule has 1 aliphatic rings. The first-order valence-corrected chi connectivity index (χ1v) is 7.89. The molecule has 5 heteroatoms. The van der Waals surface area contributed by atoms with Crippen LogP contribution in [0.15, 0.2) is 30.5 Å². The van der Waals surface area contributed by atoms with E-state index in [4.69, 9.17) is 10.7 Å². The third kappa shape index (κ3) is 3.04. The van der Waals surface area contributed by atoms with Crippen LogP contribution in [0.25, 0.3) is 11.4 Å². The lowest BCUT2D eigenvalue weighted by molar-refractivity contribution is 0.412. The van der Waals surface area contributed by atoms with E-state index in [0.29, 0.717) is 23.9 Å². The number of nitrogens with zero attached hydrogens (tertiary/aromatic N) is 2. The Morgan fingerprint density at radius 3 is 2.77 bits per heavy atom. The van der Waals surface area contributed by atoms with Crippen molar-refractivity contribution in [1.29, 1.82) is 0 Å². The summed E-state index contributed by atoms with van der Waals surface area (Å²) in [5.74, 6) is 1.29. The minimum Gasteiger partial charge on any atom is -0.507 e. The van der Waals surface area contributed by atoms with Gasteiger partial charge < -0.3 is 16.2 Å². The predicted molar refractivity (Wildman–Crippen MR) is 87.9 cm³/mol. The second kappa shape index (κ2) is 6.75. The van der Waals surface area contributed by atoms with Crippen molar-refractivity contribution in [3.05, 3.63) is 36.2 Å².